The van der Waals surface area contributed by atoms with Gasteiger partial charge in [-0.2, -0.15) is 4.68 Å². The molecule has 1 N–H and O–H groups in total. The number of tetrazole rings is 1. The van der Waals surface area contributed by atoms with Gasteiger partial charge in [-0.25, -0.2) is 0 Å². The maximum absolute atomic E-state index is 12.2. The van der Waals surface area contributed by atoms with Crippen molar-refractivity contribution >= 4 is 11.7 Å². The average Bonchev–Trinajstić information content (AvgIpc) is 3.17. The molecular weight excluding hydrogens is 330 g/mol. The second-order valence-electron chi connectivity index (χ2n) is 5.86. The number of Topliss-reactive ketones (excluding diaryl/α,β-unsaturated/α-hetero) is 1. The molecule has 1 aromatic heterocycles. The van der Waals surface area contributed by atoms with Crippen molar-refractivity contribution in [1.82, 2.24) is 25.5 Å². The Bertz CT molecular complexity index is 877. The number of rotatable bonds is 7. The van der Waals surface area contributed by atoms with E-state index in [1.54, 1.807) is 28.9 Å². The van der Waals surface area contributed by atoms with Crippen LogP contribution < -0.4 is 5.32 Å². The number of para-hydroxylation sites is 1. The lowest BCUT2D eigenvalue weighted by molar-refractivity contribution is -0.121. The van der Waals surface area contributed by atoms with Gasteiger partial charge in [-0.1, -0.05) is 48.5 Å². The molecule has 0 saturated carbocycles. The molecule has 0 saturated heterocycles. The average molecular weight is 349 g/mol. The van der Waals surface area contributed by atoms with Crippen LogP contribution in [0.15, 0.2) is 60.7 Å². The van der Waals surface area contributed by atoms with Gasteiger partial charge >= 0.3 is 0 Å². The Hall–Kier alpha value is -3.35. The van der Waals surface area contributed by atoms with Crippen LogP contribution in [0.4, 0.5) is 0 Å². The first-order chi connectivity index (χ1) is 12.6. The fourth-order valence-corrected chi connectivity index (χ4v) is 2.59. The third-order valence-corrected chi connectivity index (χ3v) is 3.93. The number of nitrogens with zero attached hydrogens (tertiary/aromatic N) is 4. The summed E-state index contributed by atoms with van der Waals surface area (Å²) in [5, 5.41) is 14.5. The minimum atomic E-state index is -0.385. The minimum Gasteiger partial charge on any atom is -0.346 e. The first kappa shape index (κ1) is 17.5. The molecule has 0 spiro atoms. The molecule has 1 amide bonds. The molecule has 1 unspecified atom stereocenters. The second kappa shape index (κ2) is 8.15. The van der Waals surface area contributed by atoms with Crippen LogP contribution in [0, 0.1) is 0 Å². The van der Waals surface area contributed by atoms with Gasteiger partial charge in [-0.15, -0.1) is 5.10 Å². The number of amides is 1. The molecule has 1 atom stereocenters. The van der Waals surface area contributed by atoms with E-state index in [0.29, 0.717) is 11.4 Å². The lowest BCUT2D eigenvalue weighted by Crippen LogP contribution is -2.29. The van der Waals surface area contributed by atoms with Crippen molar-refractivity contribution in [2.45, 2.75) is 25.8 Å². The zero-order valence-electron chi connectivity index (χ0n) is 14.4. The van der Waals surface area contributed by atoms with Crippen LogP contribution in [0.3, 0.4) is 0 Å². The number of hydrogen-bond donors (Lipinski definition) is 1. The predicted molar refractivity (Wildman–Crippen MR) is 95.7 cm³/mol. The van der Waals surface area contributed by atoms with Crippen molar-refractivity contribution < 1.29 is 9.59 Å². The number of aromatic nitrogens is 4. The van der Waals surface area contributed by atoms with Gasteiger partial charge in [-0.05, 0) is 29.5 Å². The third-order valence-electron chi connectivity index (χ3n) is 3.93. The van der Waals surface area contributed by atoms with Crippen LogP contribution in [0.1, 0.15) is 42.0 Å². The van der Waals surface area contributed by atoms with Crippen LogP contribution in [0.5, 0.6) is 0 Å². The normalized spacial score (nSPS) is 11.7. The predicted octanol–water partition coefficient (Wildman–Crippen LogP) is 2.50. The summed E-state index contributed by atoms with van der Waals surface area (Å²) >= 11 is 0. The number of hydrogen-bond acceptors (Lipinski definition) is 5. The monoisotopic (exact) mass is 349 g/mol. The Balaban J connectivity index is 1.59. The molecule has 0 fully saturated rings. The summed E-state index contributed by atoms with van der Waals surface area (Å²) < 4.78 is 1.58. The lowest BCUT2D eigenvalue weighted by Gasteiger charge is -2.13. The zero-order chi connectivity index (χ0) is 18.4. The maximum Gasteiger partial charge on any atom is 0.221 e. The molecule has 3 aromatic rings. The summed E-state index contributed by atoms with van der Waals surface area (Å²) in [6, 6.07) is 18.0. The summed E-state index contributed by atoms with van der Waals surface area (Å²) in [5.74, 6) is 0.255. The zero-order valence-corrected chi connectivity index (χ0v) is 14.4. The van der Waals surface area contributed by atoms with Crippen LogP contribution >= 0.6 is 0 Å². The highest BCUT2D eigenvalue weighted by Crippen LogP contribution is 2.14. The van der Waals surface area contributed by atoms with Crippen molar-refractivity contribution in [3.63, 3.8) is 0 Å². The van der Waals surface area contributed by atoms with E-state index in [0.717, 1.165) is 5.69 Å². The molecule has 26 heavy (non-hydrogen) atoms. The summed E-state index contributed by atoms with van der Waals surface area (Å²) in [5.41, 5.74) is 1.43. The van der Waals surface area contributed by atoms with Crippen LogP contribution in [0.25, 0.3) is 5.69 Å². The molecule has 0 bridgehead atoms. The smallest absolute Gasteiger partial charge is 0.221 e. The summed E-state index contributed by atoms with van der Waals surface area (Å²) in [4.78, 5) is 24.3. The van der Waals surface area contributed by atoms with Crippen molar-refractivity contribution in [1.29, 1.82) is 0 Å². The highest BCUT2D eigenvalue weighted by molar-refractivity contribution is 5.97. The fraction of sp³-hybridized carbons (Fsp3) is 0.211. The Kier molecular flexibility index (Phi) is 5.48. The van der Waals surface area contributed by atoms with E-state index in [2.05, 4.69) is 20.8 Å². The van der Waals surface area contributed by atoms with Gasteiger partial charge in [-0.3, -0.25) is 9.59 Å². The van der Waals surface area contributed by atoms with Gasteiger partial charge in [0.1, 0.15) is 0 Å². The Labute approximate surface area is 151 Å². The molecule has 7 nitrogen and oxygen atoms in total. The van der Waals surface area contributed by atoms with Crippen molar-refractivity contribution in [2.75, 3.05) is 0 Å². The highest BCUT2D eigenvalue weighted by Gasteiger charge is 2.18. The molecule has 1 heterocycles. The molecule has 0 aliphatic rings. The molecule has 3 rings (SSSR count). The summed E-state index contributed by atoms with van der Waals surface area (Å²) in [6.45, 7) is 1.81. The molecular formula is C19H19N5O2. The fourth-order valence-electron chi connectivity index (χ4n) is 2.59. The van der Waals surface area contributed by atoms with E-state index in [4.69, 9.17) is 0 Å². The van der Waals surface area contributed by atoms with Crippen molar-refractivity contribution in [2.24, 2.45) is 0 Å². The maximum atomic E-state index is 12.2. The van der Waals surface area contributed by atoms with Gasteiger partial charge in [0, 0.05) is 18.4 Å². The largest absolute Gasteiger partial charge is 0.346 e. The van der Waals surface area contributed by atoms with Gasteiger partial charge in [0.25, 0.3) is 0 Å². The van der Waals surface area contributed by atoms with Crippen LogP contribution in [-0.4, -0.2) is 31.9 Å². The SMILES string of the molecule is CC(NC(=O)CCC(=O)c1ccccc1)c1nnnn1-c1ccccc1. The van der Waals surface area contributed by atoms with Crippen molar-refractivity contribution in [3.8, 4) is 5.69 Å². The van der Waals surface area contributed by atoms with E-state index >= 15 is 0 Å². The van der Waals surface area contributed by atoms with E-state index in [9.17, 15) is 9.59 Å². The number of benzene rings is 2. The first-order valence-corrected chi connectivity index (χ1v) is 8.36. The van der Waals surface area contributed by atoms with E-state index < -0.39 is 0 Å². The second-order valence-corrected chi connectivity index (χ2v) is 5.86. The van der Waals surface area contributed by atoms with Crippen LogP contribution in [-0.2, 0) is 4.79 Å². The van der Waals surface area contributed by atoms with Crippen LogP contribution in [0.2, 0.25) is 0 Å². The number of nitrogens with one attached hydrogen (secondary N) is 1. The van der Waals surface area contributed by atoms with Gasteiger partial charge in [0.2, 0.25) is 5.91 Å². The van der Waals surface area contributed by atoms with E-state index in [1.807, 2.05) is 43.3 Å². The Morgan fingerprint density at radius 2 is 1.65 bits per heavy atom. The van der Waals surface area contributed by atoms with Gasteiger partial charge in [0.15, 0.2) is 11.6 Å². The standard InChI is InChI=1S/C19H19N5O2/c1-14(19-21-22-23-24(19)16-10-6-3-7-11-16)20-18(26)13-12-17(25)15-8-4-2-5-9-15/h2-11,14H,12-13H2,1H3,(H,20,26). The number of carbonyl (C=O) groups is 2. The van der Waals surface area contributed by atoms with Gasteiger partial charge in [0.05, 0.1) is 11.7 Å². The van der Waals surface area contributed by atoms with Gasteiger partial charge < -0.3 is 5.32 Å². The molecule has 0 aliphatic heterocycles. The van der Waals surface area contributed by atoms with E-state index in [1.165, 1.54) is 0 Å². The minimum absolute atomic E-state index is 0.0532. The van der Waals surface area contributed by atoms with E-state index in [-0.39, 0.29) is 30.6 Å². The molecule has 0 radical (unpaired) electrons. The van der Waals surface area contributed by atoms with Crippen molar-refractivity contribution in [3.05, 3.63) is 72.1 Å². The summed E-state index contributed by atoms with van der Waals surface area (Å²) in [7, 11) is 0. The lowest BCUT2D eigenvalue weighted by atomic mass is 10.1. The third kappa shape index (κ3) is 4.18. The first-order valence-electron chi connectivity index (χ1n) is 8.36. The quantitative estimate of drug-likeness (QED) is 0.662. The Morgan fingerprint density at radius 3 is 2.35 bits per heavy atom. The summed E-state index contributed by atoms with van der Waals surface area (Å²) in [6.07, 6.45) is 0.275. The Morgan fingerprint density at radius 1 is 1.00 bits per heavy atom. The molecule has 132 valence electrons. The number of carbonyl (C=O) groups excluding carboxylic acids is 2. The highest BCUT2D eigenvalue weighted by atomic mass is 16.2. The molecule has 7 heteroatoms. The molecule has 0 aliphatic carbocycles. The molecule has 2 aromatic carbocycles. The topological polar surface area (TPSA) is 89.8 Å². The number of ketones is 1.